The molecule has 24 heavy (non-hydrogen) atoms. The van der Waals surface area contributed by atoms with E-state index in [1.54, 1.807) is 0 Å². The summed E-state index contributed by atoms with van der Waals surface area (Å²) in [4.78, 5) is 12.2. The molecule has 0 aromatic heterocycles. The van der Waals surface area contributed by atoms with Crippen molar-refractivity contribution in [2.75, 3.05) is 0 Å². The van der Waals surface area contributed by atoms with Gasteiger partial charge in [-0.1, -0.05) is 44.7 Å². The Morgan fingerprint density at radius 2 is 1.75 bits per heavy atom. The summed E-state index contributed by atoms with van der Waals surface area (Å²) in [6.07, 6.45) is 10.7. The minimum atomic E-state index is -0.232. The highest BCUT2D eigenvalue weighted by atomic mass is 16.5. The van der Waals surface area contributed by atoms with Crippen molar-refractivity contribution in [1.82, 2.24) is 0 Å². The highest BCUT2D eigenvalue weighted by Gasteiger charge is 2.24. The lowest BCUT2D eigenvalue weighted by Gasteiger charge is -2.24. The van der Waals surface area contributed by atoms with Gasteiger partial charge in [0.25, 0.3) is 0 Å². The zero-order valence-corrected chi connectivity index (χ0v) is 14.8. The second-order valence-electron chi connectivity index (χ2n) is 6.87. The third-order valence-electron chi connectivity index (χ3n) is 4.89. The quantitative estimate of drug-likeness (QED) is 0.472. The van der Waals surface area contributed by atoms with E-state index in [9.17, 15) is 4.79 Å². The van der Waals surface area contributed by atoms with Gasteiger partial charge in [-0.15, -0.1) is 0 Å². The summed E-state index contributed by atoms with van der Waals surface area (Å²) in [5.74, 6) is -0.0959. The number of esters is 1. The van der Waals surface area contributed by atoms with Gasteiger partial charge in [0.2, 0.25) is 0 Å². The summed E-state index contributed by atoms with van der Waals surface area (Å²) in [5, 5.41) is 8.91. The van der Waals surface area contributed by atoms with E-state index in [1.807, 2.05) is 24.3 Å². The molecule has 0 bridgehead atoms. The van der Waals surface area contributed by atoms with Crippen LogP contribution in [-0.2, 0) is 11.2 Å². The van der Waals surface area contributed by atoms with Crippen LogP contribution in [0.15, 0.2) is 24.3 Å². The number of rotatable bonds is 8. The standard InChI is InChI=1S/C21H29NO2/c1-2-3-4-5-6-7-17-8-12-19(13-9-17)21(23)24-20-14-10-18(16-22)11-15-20/h8-9,12-13,18,20H,2-7,10-11,14-15H2,1H3. The number of hydrogen-bond donors (Lipinski definition) is 0. The Morgan fingerprint density at radius 3 is 2.38 bits per heavy atom. The number of aryl methyl sites for hydroxylation is 1. The topological polar surface area (TPSA) is 50.1 Å². The number of nitrogens with zero attached hydrogens (tertiary/aromatic N) is 1. The molecule has 0 heterocycles. The summed E-state index contributed by atoms with van der Waals surface area (Å²) >= 11 is 0. The van der Waals surface area contributed by atoms with Gasteiger partial charge in [0.1, 0.15) is 6.10 Å². The molecule has 1 fully saturated rings. The lowest BCUT2D eigenvalue weighted by atomic mass is 9.88. The predicted octanol–water partition coefficient (Wildman–Crippen LogP) is 5.44. The van der Waals surface area contributed by atoms with Crippen LogP contribution in [0.3, 0.4) is 0 Å². The molecular weight excluding hydrogens is 298 g/mol. The van der Waals surface area contributed by atoms with E-state index in [-0.39, 0.29) is 18.0 Å². The van der Waals surface area contributed by atoms with Crippen LogP contribution in [0.2, 0.25) is 0 Å². The first-order valence-electron chi connectivity index (χ1n) is 9.42. The van der Waals surface area contributed by atoms with Crippen molar-refractivity contribution in [3.63, 3.8) is 0 Å². The second kappa shape index (κ2) is 10.1. The van der Waals surface area contributed by atoms with Gasteiger partial charge in [-0.3, -0.25) is 0 Å². The molecule has 0 atom stereocenters. The van der Waals surface area contributed by atoms with Crippen LogP contribution >= 0.6 is 0 Å². The summed E-state index contributed by atoms with van der Waals surface area (Å²) in [6.45, 7) is 2.23. The van der Waals surface area contributed by atoms with Crippen molar-refractivity contribution < 1.29 is 9.53 Å². The van der Waals surface area contributed by atoms with Crippen LogP contribution in [-0.4, -0.2) is 12.1 Å². The molecule has 130 valence electrons. The molecule has 3 heteroatoms. The van der Waals surface area contributed by atoms with E-state index in [0.717, 1.165) is 32.1 Å². The fraction of sp³-hybridized carbons (Fsp3) is 0.619. The molecule has 0 radical (unpaired) electrons. The third kappa shape index (κ3) is 6.00. The van der Waals surface area contributed by atoms with Gasteiger partial charge in [0.05, 0.1) is 11.6 Å². The highest BCUT2D eigenvalue weighted by Crippen LogP contribution is 2.26. The summed E-state index contributed by atoms with van der Waals surface area (Å²) in [6, 6.07) is 10.2. The lowest BCUT2D eigenvalue weighted by Crippen LogP contribution is -2.24. The van der Waals surface area contributed by atoms with E-state index in [0.29, 0.717) is 5.56 Å². The number of nitriles is 1. The molecule has 0 saturated heterocycles. The average Bonchev–Trinajstić information content (AvgIpc) is 2.62. The maximum absolute atomic E-state index is 12.2. The molecule has 1 saturated carbocycles. The van der Waals surface area contributed by atoms with Crippen LogP contribution in [0.5, 0.6) is 0 Å². The average molecular weight is 327 g/mol. The van der Waals surface area contributed by atoms with Crippen LogP contribution in [0.25, 0.3) is 0 Å². The van der Waals surface area contributed by atoms with E-state index in [4.69, 9.17) is 10.00 Å². The third-order valence-corrected chi connectivity index (χ3v) is 4.89. The number of ether oxygens (including phenoxy) is 1. The van der Waals surface area contributed by atoms with Gasteiger partial charge in [-0.25, -0.2) is 4.79 Å². The highest BCUT2D eigenvalue weighted by molar-refractivity contribution is 5.89. The molecule has 0 spiro atoms. The Bertz CT molecular complexity index is 536. The lowest BCUT2D eigenvalue weighted by molar-refractivity contribution is 0.0187. The first kappa shape index (κ1) is 18.5. The molecule has 2 rings (SSSR count). The number of benzene rings is 1. The molecule has 1 aliphatic carbocycles. The molecule has 1 aromatic carbocycles. The minimum Gasteiger partial charge on any atom is -0.459 e. The zero-order chi connectivity index (χ0) is 17.2. The van der Waals surface area contributed by atoms with Crippen molar-refractivity contribution in [3.8, 4) is 6.07 Å². The Kier molecular flexibility index (Phi) is 7.82. The minimum absolute atomic E-state index is 0.0275. The summed E-state index contributed by atoms with van der Waals surface area (Å²) in [7, 11) is 0. The summed E-state index contributed by atoms with van der Waals surface area (Å²) in [5.41, 5.74) is 1.92. The molecule has 0 unspecified atom stereocenters. The van der Waals surface area contributed by atoms with Crippen molar-refractivity contribution >= 4 is 5.97 Å². The number of unbranched alkanes of at least 4 members (excludes halogenated alkanes) is 4. The SMILES string of the molecule is CCCCCCCc1ccc(C(=O)OC2CCC(C#N)CC2)cc1. The smallest absolute Gasteiger partial charge is 0.338 e. The maximum atomic E-state index is 12.2. The van der Waals surface area contributed by atoms with E-state index in [2.05, 4.69) is 13.0 Å². The zero-order valence-electron chi connectivity index (χ0n) is 14.8. The number of carbonyl (C=O) groups excluding carboxylic acids is 1. The number of hydrogen-bond acceptors (Lipinski definition) is 3. The van der Waals surface area contributed by atoms with Gasteiger partial charge >= 0.3 is 5.97 Å². The van der Waals surface area contributed by atoms with Crippen molar-refractivity contribution in [1.29, 1.82) is 5.26 Å². The Labute approximate surface area is 146 Å². The first-order valence-corrected chi connectivity index (χ1v) is 9.42. The molecule has 1 aromatic rings. The molecule has 0 aliphatic heterocycles. The van der Waals surface area contributed by atoms with E-state index < -0.39 is 0 Å². The fourth-order valence-electron chi connectivity index (χ4n) is 3.27. The fourth-order valence-corrected chi connectivity index (χ4v) is 3.27. The van der Waals surface area contributed by atoms with Gasteiger partial charge in [0, 0.05) is 5.92 Å². The molecular formula is C21H29NO2. The Hall–Kier alpha value is -1.82. The summed E-state index contributed by atoms with van der Waals surface area (Å²) < 4.78 is 5.59. The largest absolute Gasteiger partial charge is 0.459 e. The Morgan fingerprint density at radius 1 is 1.08 bits per heavy atom. The van der Waals surface area contributed by atoms with Crippen molar-refractivity contribution in [2.45, 2.75) is 77.2 Å². The normalized spacial score (nSPS) is 20.3. The maximum Gasteiger partial charge on any atom is 0.338 e. The van der Waals surface area contributed by atoms with Gasteiger partial charge in [-0.05, 0) is 56.2 Å². The second-order valence-corrected chi connectivity index (χ2v) is 6.87. The van der Waals surface area contributed by atoms with Crippen LogP contribution in [0.1, 0.15) is 80.6 Å². The molecule has 3 nitrogen and oxygen atoms in total. The van der Waals surface area contributed by atoms with Gasteiger partial charge in [0.15, 0.2) is 0 Å². The van der Waals surface area contributed by atoms with Gasteiger partial charge in [-0.2, -0.15) is 5.26 Å². The molecule has 0 amide bonds. The Balaban J connectivity index is 1.74. The van der Waals surface area contributed by atoms with Crippen LogP contribution in [0.4, 0.5) is 0 Å². The molecule has 1 aliphatic rings. The van der Waals surface area contributed by atoms with Crippen LogP contribution in [0, 0.1) is 17.2 Å². The van der Waals surface area contributed by atoms with E-state index >= 15 is 0 Å². The van der Waals surface area contributed by atoms with Crippen molar-refractivity contribution in [2.24, 2.45) is 5.92 Å². The van der Waals surface area contributed by atoms with Gasteiger partial charge < -0.3 is 4.74 Å². The monoisotopic (exact) mass is 327 g/mol. The van der Waals surface area contributed by atoms with Crippen molar-refractivity contribution in [3.05, 3.63) is 35.4 Å². The molecule has 0 N–H and O–H groups in total. The first-order chi connectivity index (χ1) is 11.7. The number of carbonyl (C=O) groups is 1. The van der Waals surface area contributed by atoms with Crippen LogP contribution < -0.4 is 0 Å². The van der Waals surface area contributed by atoms with E-state index in [1.165, 1.54) is 37.7 Å². The predicted molar refractivity (Wildman–Crippen MR) is 95.7 cm³/mol.